The fraction of sp³-hybridized carbons (Fsp3) is 0.462. The highest BCUT2D eigenvalue weighted by atomic mass is 16.2. The number of carbonyl (C=O) groups excluding carboxylic acids is 3. The highest BCUT2D eigenvalue weighted by Gasteiger charge is 2.35. The predicted molar refractivity (Wildman–Crippen MR) is 135 cm³/mol. The summed E-state index contributed by atoms with van der Waals surface area (Å²) >= 11 is 0. The number of benzene rings is 1. The number of hydrogen-bond donors (Lipinski definition) is 2. The molecular weight excluding hydrogens is 444 g/mol. The van der Waals surface area contributed by atoms with E-state index in [1.165, 1.54) is 5.56 Å². The van der Waals surface area contributed by atoms with Crippen LogP contribution in [0.2, 0.25) is 0 Å². The molecule has 4 rings (SSSR count). The second kappa shape index (κ2) is 11.3. The molecule has 186 valence electrons. The van der Waals surface area contributed by atoms with Gasteiger partial charge in [-0.3, -0.25) is 19.3 Å². The third-order valence-corrected chi connectivity index (χ3v) is 6.60. The minimum absolute atomic E-state index is 0.0725. The summed E-state index contributed by atoms with van der Waals surface area (Å²) < 4.78 is 0. The molecule has 9 heteroatoms. The quantitative estimate of drug-likeness (QED) is 0.629. The summed E-state index contributed by atoms with van der Waals surface area (Å²) in [6.45, 7) is 8.30. The Hall–Kier alpha value is -3.46. The first-order chi connectivity index (χ1) is 16.9. The van der Waals surface area contributed by atoms with Gasteiger partial charge in [0.15, 0.2) is 0 Å². The Morgan fingerprint density at radius 1 is 1.06 bits per heavy atom. The van der Waals surface area contributed by atoms with Gasteiger partial charge in [-0.25, -0.2) is 4.98 Å². The maximum absolute atomic E-state index is 13.2. The molecule has 3 amide bonds. The van der Waals surface area contributed by atoms with E-state index in [9.17, 15) is 14.4 Å². The molecule has 2 fully saturated rings. The number of hydrogen-bond acceptors (Lipinski definition) is 6. The molecule has 0 bridgehead atoms. The van der Waals surface area contributed by atoms with E-state index >= 15 is 0 Å². The highest BCUT2D eigenvalue weighted by Crippen LogP contribution is 2.18. The van der Waals surface area contributed by atoms with Crippen molar-refractivity contribution in [1.29, 1.82) is 0 Å². The summed E-state index contributed by atoms with van der Waals surface area (Å²) in [7, 11) is 0. The van der Waals surface area contributed by atoms with E-state index in [0.29, 0.717) is 24.7 Å². The smallest absolute Gasteiger partial charge is 0.243 e. The molecule has 0 saturated carbocycles. The number of amides is 3. The van der Waals surface area contributed by atoms with Gasteiger partial charge in [0.25, 0.3) is 0 Å². The summed E-state index contributed by atoms with van der Waals surface area (Å²) in [4.78, 5) is 48.7. The van der Waals surface area contributed by atoms with Crippen molar-refractivity contribution in [3.05, 3.63) is 54.2 Å². The molecule has 2 N–H and O–H groups in total. The largest absolute Gasteiger partial charge is 0.354 e. The van der Waals surface area contributed by atoms with Gasteiger partial charge in [0, 0.05) is 51.2 Å². The molecule has 2 aromatic rings. The summed E-state index contributed by atoms with van der Waals surface area (Å²) in [5.74, 6) is 0.658. The van der Waals surface area contributed by atoms with Crippen LogP contribution in [0.25, 0.3) is 0 Å². The van der Waals surface area contributed by atoms with Gasteiger partial charge in [-0.05, 0) is 35.7 Å². The van der Waals surface area contributed by atoms with Gasteiger partial charge in [0.05, 0.1) is 13.0 Å². The Balaban J connectivity index is 1.31. The number of piperazine rings is 2. The third-order valence-electron chi connectivity index (χ3n) is 6.60. The second-order valence-corrected chi connectivity index (χ2v) is 9.37. The Kier molecular flexibility index (Phi) is 7.97. The maximum atomic E-state index is 13.2. The van der Waals surface area contributed by atoms with Crippen molar-refractivity contribution in [3.63, 3.8) is 0 Å². The van der Waals surface area contributed by atoms with Crippen LogP contribution < -0.4 is 15.5 Å². The minimum Gasteiger partial charge on any atom is -0.354 e. The average Bonchev–Trinajstić information content (AvgIpc) is 2.86. The van der Waals surface area contributed by atoms with Crippen molar-refractivity contribution in [2.75, 3.05) is 56.0 Å². The normalized spacial score (nSPS) is 18.9. The lowest BCUT2D eigenvalue weighted by Crippen LogP contribution is -2.60. The number of rotatable bonds is 7. The van der Waals surface area contributed by atoms with E-state index in [2.05, 4.69) is 39.3 Å². The maximum Gasteiger partial charge on any atom is 0.243 e. The van der Waals surface area contributed by atoms with Crippen molar-refractivity contribution in [3.8, 4) is 0 Å². The van der Waals surface area contributed by atoms with Gasteiger partial charge in [-0.1, -0.05) is 32.0 Å². The van der Waals surface area contributed by atoms with E-state index in [0.717, 1.165) is 32.0 Å². The van der Waals surface area contributed by atoms with Gasteiger partial charge in [-0.15, -0.1) is 0 Å². The van der Waals surface area contributed by atoms with Crippen molar-refractivity contribution >= 4 is 29.2 Å². The Bertz CT molecular complexity index is 1020. The molecule has 0 unspecified atom stereocenters. The van der Waals surface area contributed by atoms with Crippen LogP contribution in [-0.4, -0.2) is 84.4 Å². The Morgan fingerprint density at radius 3 is 2.46 bits per heavy atom. The molecule has 0 spiro atoms. The summed E-state index contributed by atoms with van der Waals surface area (Å²) in [6.07, 6.45) is 1.71. The van der Waals surface area contributed by atoms with Crippen LogP contribution in [0.5, 0.6) is 0 Å². The third kappa shape index (κ3) is 6.36. The highest BCUT2D eigenvalue weighted by molar-refractivity contribution is 5.97. The SMILES string of the molecule is CC(C)c1ccc(NC(=O)C[C@H]2C(=O)NCCN2C(=O)CN2CCN(c3ccccn3)CC2)cc1. The summed E-state index contributed by atoms with van der Waals surface area (Å²) in [6, 6.07) is 12.7. The molecule has 35 heavy (non-hydrogen) atoms. The average molecular weight is 479 g/mol. The van der Waals surface area contributed by atoms with E-state index in [1.807, 2.05) is 42.5 Å². The summed E-state index contributed by atoms with van der Waals surface area (Å²) in [5, 5.41) is 5.65. The lowest BCUT2D eigenvalue weighted by molar-refractivity contribution is -0.145. The molecule has 2 aliphatic heterocycles. The molecule has 1 aromatic carbocycles. The van der Waals surface area contributed by atoms with Crippen molar-refractivity contribution < 1.29 is 14.4 Å². The lowest BCUT2D eigenvalue weighted by Gasteiger charge is -2.38. The van der Waals surface area contributed by atoms with Crippen LogP contribution >= 0.6 is 0 Å². The van der Waals surface area contributed by atoms with Gasteiger partial charge >= 0.3 is 0 Å². The number of carbonyl (C=O) groups is 3. The first-order valence-electron chi connectivity index (χ1n) is 12.3. The molecule has 1 atom stereocenters. The Morgan fingerprint density at radius 2 is 1.80 bits per heavy atom. The minimum atomic E-state index is -0.805. The molecule has 3 heterocycles. The van der Waals surface area contributed by atoms with Crippen molar-refractivity contribution in [2.24, 2.45) is 0 Å². The molecular formula is C26H34N6O3. The monoisotopic (exact) mass is 478 g/mol. The molecule has 1 aromatic heterocycles. The topological polar surface area (TPSA) is 97.9 Å². The molecule has 0 radical (unpaired) electrons. The van der Waals surface area contributed by atoms with Crippen LogP contribution in [0.1, 0.15) is 31.7 Å². The Labute approximate surface area is 206 Å². The second-order valence-electron chi connectivity index (χ2n) is 9.37. The number of nitrogens with one attached hydrogen (secondary N) is 2. The van der Waals surface area contributed by atoms with Gasteiger partial charge in [0.1, 0.15) is 11.9 Å². The van der Waals surface area contributed by atoms with Crippen LogP contribution in [0, 0.1) is 0 Å². The zero-order valence-electron chi connectivity index (χ0n) is 20.4. The van der Waals surface area contributed by atoms with E-state index < -0.39 is 6.04 Å². The van der Waals surface area contributed by atoms with Crippen molar-refractivity contribution in [1.82, 2.24) is 20.1 Å². The summed E-state index contributed by atoms with van der Waals surface area (Å²) in [5.41, 5.74) is 1.87. The van der Waals surface area contributed by atoms with Crippen LogP contribution in [0.3, 0.4) is 0 Å². The lowest BCUT2D eigenvalue weighted by atomic mass is 10.0. The number of pyridine rings is 1. The van der Waals surface area contributed by atoms with Gasteiger partial charge in [0.2, 0.25) is 17.7 Å². The zero-order valence-corrected chi connectivity index (χ0v) is 20.4. The van der Waals surface area contributed by atoms with Gasteiger partial charge < -0.3 is 20.4 Å². The fourth-order valence-electron chi connectivity index (χ4n) is 4.51. The number of nitrogens with zero attached hydrogens (tertiary/aromatic N) is 4. The molecule has 2 saturated heterocycles. The number of anilines is 2. The molecule has 0 aliphatic carbocycles. The molecule has 9 nitrogen and oxygen atoms in total. The first kappa shape index (κ1) is 24.7. The fourth-order valence-corrected chi connectivity index (χ4v) is 4.51. The standard InChI is InChI=1S/C26H34N6O3/c1-19(2)20-6-8-21(9-7-20)29-24(33)17-22-26(35)28-11-12-32(22)25(34)18-30-13-15-31(16-14-30)23-5-3-4-10-27-23/h3-10,19,22H,11-18H2,1-2H3,(H,28,35)(H,29,33)/t22-/m0/s1. The van der Waals surface area contributed by atoms with E-state index in [4.69, 9.17) is 0 Å². The van der Waals surface area contributed by atoms with Gasteiger partial charge in [-0.2, -0.15) is 0 Å². The van der Waals surface area contributed by atoms with Crippen LogP contribution in [0.15, 0.2) is 48.7 Å². The van der Waals surface area contributed by atoms with Crippen LogP contribution in [0.4, 0.5) is 11.5 Å². The predicted octanol–water partition coefficient (Wildman–Crippen LogP) is 1.68. The van der Waals surface area contributed by atoms with Crippen molar-refractivity contribution in [2.45, 2.75) is 32.2 Å². The molecule has 2 aliphatic rings. The zero-order chi connectivity index (χ0) is 24.8. The van der Waals surface area contributed by atoms with E-state index in [-0.39, 0.29) is 30.7 Å². The van der Waals surface area contributed by atoms with Crippen LogP contribution in [-0.2, 0) is 14.4 Å². The first-order valence-corrected chi connectivity index (χ1v) is 12.3. The number of aromatic nitrogens is 1. The van der Waals surface area contributed by atoms with E-state index in [1.54, 1.807) is 11.1 Å².